The van der Waals surface area contributed by atoms with Gasteiger partial charge >= 0.3 is 0 Å². The lowest BCUT2D eigenvalue weighted by Crippen LogP contribution is -2.19. The summed E-state index contributed by atoms with van der Waals surface area (Å²) in [6, 6.07) is 14.4. The van der Waals surface area contributed by atoms with Gasteiger partial charge in [-0.2, -0.15) is 5.10 Å². The van der Waals surface area contributed by atoms with E-state index in [4.69, 9.17) is 0 Å². The molecule has 6 aromatic rings. The number of hydrogen-bond donors (Lipinski definition) is 3. The molecule has 230 valence electrons. The van der Waals surface area contributed by atoms with Crippen LogP contribution in [0.4, 0.5) is 10.1 Å². The Bertz CT molecular complexity index is 2180. The molecule has 3 N–H and O–H groups in total. The topological polar surface area (TPSA) is 133 Å². The van der Waals surface area contributed by atoms with E-state index < -0.39 is 15.7 Å². The molecule has 0 bridgehead atoms. The van der Waals surface area contributed by atoms with Gasteiger partial charge in [-0.25, -0.2) is 12.8 Å². The molecule has 0 saturated carbocycles. The number of H-pyrrole nitrogens is 2. The van der Waals surface area contributed by atoms with E-state index in [1.54, 1.807) is 30.9 Å². The van der Waals surface area contributed by atoms with Crippen LogP contribution in [0.15, 0.2) is 73.3 Å². The van der Waals surface area contributed by atoms with E-state index in [2.05, 4.69) is 30.5 Å². The van der Waals surface area contributed by atoms with Crippen molar-refractivity contribution in [1.29, 1.82) is 0 Å². The molecule has 0 fully saturated rings. The highest BCUT2D eigenvalue weighted by Crippen LogP contribution is 2.35. The number of carbonyl (C=O) groups is 1. The van der Waals surface area contributed by atoms with Gasteiger partial charge in [0.15, 0.2) is 0 Å². The maximum Gasteiger partial charge on any atom is 0.224 e. The summed E-state index contributed by atoms with van der Waals surface area (Å²) >= 11 is 0. The van der Waals surface area contributed by atoms with E-state index in [0.717, 1.165) is 38.6 Å². The maximum absolute atomic E-state index is 14.6. The zero-order valence-corrected chi connectivity index (χ0v) is 26.2. The fraction of sp³-hybridized carbons (Fsp3) is 0.235. The predicted molar refractivity (Wildman–Crippen MR) is 176 cm³/mol. The number of carbonyl (C=O) groups excluding carboxylic acids is 1. The average molecular weight is 625 g/mol. The Morgan fingerprint density at radius 3 is 2.47 bits per heavy atom. The van der Waals surface area contributed by atoms with E-state index in [1.807, 2.05) is 51.1 Å². The second-order valence-electron chi connectivity index (χ2n) is 12.6. The van der Waals surface area contributed by atoms with Crippen LogP contribution in [0.2, 0.25) is 0 Å². The van der Waals surface area contributed by atoms with Crippen molar-refractivity contribution in [3.05, 3.63) is 84.7 Å². The molecule has 45 heavy (non-hydrogen) atoms. The van der Waals surface area contributed by atoms with E-state index in [1.165, 1.54) is 18.4 Å². The number of anilines is 1. The molecular formula is C34H33FN6O3S. The van der Waals surface area contributed by atoms with Crippen LogP contribution >= 0.6 is 0 Å². The van der Waals surface area contributed by atoms with Gasteiger partial charge in [0.05, 0.1) is 40.6 Å². The third-order valence-corrected chi connectivity index (χ3v) is 8.39. The first kappa shape index (κ1) is 30.1. The first-order valence-electron chi connectivity index (χ1n) is 14.5. The number of hydrogen-bond acceptors (Lipinski definition) is 6. The normalized spacial score (nSPS) is 12.2. The van der Waals surface area contributed by atoms with Gasteiger partial charge in [-0.15, -0.1) is 0 Å². The molecule has 0 unspecified atom stereocenters. The fourth-order valence-corrected chi connectivity index (χ4v) is 6.02. The van der Waals surface area contributed by atoms with Crippen LogP contribution in [-0.4, -0.2) is 51.5 Å². The first-order valence-corrected chi connectivity index (χ1v) is 16.6. The van der Waals surface area contributed by atoms with Crippen molar-refractivity contribution in [3.8, 4) is 33.6 Å². The molecule has 0 aliphatic heterocycles. The first-order chi connectivity index (χ1) is 21.3. The van der Waals surface area contributed by atoms with Crippen molar-refractivity contribution in [1.82, 2.24) is 25.1 Å². The summed E-state index contributed by atoms with van der Waals surface area (Å²) in [5.41, 5.74) is 7.21. The van der Waals surface area contributed by atoms with Crippen LogP contribution in [-0.2, 0) is 21.1 Å². The monoisotopic (exact) mass is 624 g/mol. The van der Waals surface area contributed by atoms with Gasteiger partial charge in [0, 0.05) is 47.0 Å². The minimum absolute atomic E-state index is 0.0624. The van der Waals surface area contributed by atoms with Crippen molar-refractivity contribution in [2.24, 2.45) is 5.41 Å². The van der Waals surface area contributed by atoms with Gasteiger partial charge in [-0.1, -0.05) is 32.9 Å². The number of rotatable bonds is 8. The standard InChI is InChI=1S/C34H33FN6O3S/c1-34(2,3)15-32(42)38-25-12-23(16-36-17-25)21-5-6-29-27(13-21)33(41-40-29)30-14-26-28(18-37-19-31(26)39-30)22-9-20(10-24(35)11-22)7-8-45(4,43)44/h5-6,9-14,16-19,39H,7-8,15H2,1-4H3,(H,38,42)(H,40,41). The largest absolute Gasteiger partial charge is 0.352 e. The number of aromatic amines is 2. The molecule has 6 rings (SSSR count). The van der Waals surface area contributed by atoms with Gasteiger partial charge in [0.2, 0.25) is 5.91 Å². The summed E-state index contributed by atoms with van der Waals surface area (Å²) in [5, 5.41) is 12.4. The Morgan fingerprint density at radius 1 is 0.889 bits per heavy atom. The average Bonchev–Trinajstić information content (AvgIpc) is 3.58. The number of halogens is 1. The van der Waals surface area contributed by atoms with Gasteiger partial charge in [0.1, 0.15) is 21.3 Å². The van der Waals surface area contributed by atoms with Crippen LogP contribution in [0.3, 0.4) is 0 Å². The fourth-order valence-electron chi connectivity index (χ4n) is 5.41. The van der Waals surface area contributed by atoms with E-state index >= 15 is 0 Å². The lowest BCUT2D eigenvalue weighted by molar-refractivity contribution is -0.117. The van der Waals surface area contributed by atoms with E-state index in [-0.39, 0.29) is 23.5 Å². The molecule has 0 radical (unpaired) electrons. The van der Waals surface area contributed by atoms with E-state index in [9.17, 15) is 17.6 Å². The Hall–Kier alpha value is -4.90. The molecule has 0 saturated heterocycles. The predicted octanol–water partition coefficient (Wildman–Crippen LogP) is 6.94. The molecule has 4 aromatic heterocycles. The molecule has 9 nitrogen and oxygen atoms in total. The maximum atomic E-state index is 14.6. The van der Waals surface area contributed by atoms with Crippen molar-refractivity contribution in [3.63, 3.8) is 0 Å². The number of aryl methyl sites for hydroxylation is 1. The van der Waals surface area contributed by atoms with Crippen LogP contribution in [0.1, 0.15) is 32.8 Å². The molecule has 2 aromatic carbocycles. The third-order valence-electron chi connectivity index (χ3n) is 7.44. The van der Waals surface area contributed by atoms with E-state index in [0.29, 0.717) is 34.5 Å². The summed E-state index contributed by atoms with van der Waals surface area (Å²) in [7, 11) is -3.19. The highest BCUT2D eigenvalue weighted by Gasteiger charge is 2.18. The molecule has 0 atom stereocenters. The highest BCUT2D eigenvalue weighted by atomic mass is 32.2. The SMILES string of the molecule is CC(C)(C)CC(=O)Nc1cncc(-c2ccc3[nH]nc(-c4cc5c(-c6cc(F)cc(CCS(C)(=O)=O)c6)cncc5[nH]4)c3c2)c1. The number of sulfone groups is 1. The summed E-state index contributed by atoms with van der Waals surface area (Å²) < 4.78 is 38.0. The number of nitrogens with zero attached hydrogens (tertiary/aromatic N) is 3. The number of nitrogens with one attached hydrogen (secondary N) is 3. The number of aromatic nitrogens is 5. The summed E-state index contributed by atoms with van der Waals surface area (Å²) in [5.74, 6) is -0.570. The number of fused-ring (bicyclic) bond motifs is 2. The van der Waals surface area contributed by atoms with Gasteiger partial charge in [-0.05, 0) is 64.9 Å². The second-order valence-corrected chi connectivity index (χ2v) is 14.9. The van der Waals surface area contributed by atoms with Crippen LogP contribution in [0, 0.1) is 11.2 Å². The molecular weight excluding hydrogens is 591 g/mol. The van der Waals surface area contributed by atoms with Crippen LogP contribution in [0.5, 0.6) is 0 Å². The molecule has 0 spiro atoms. The number of amides is 1. The van der Waals surface area contributed by atoms with Crippen molar-refractivity contribution >= 4 is 43.2 Å². The lowest BCUT2D eigenvalue weighted by atomic mass is 9.92. The third kappa shape index (κ3) is 6.93. The Morgan fingerprint density at radius 2 is 1.69 bits per heavy atom. The zero-order chi connectivity index (χ0) is 31.9. The quantitative estimate of drug-likeness (QED) is 0.168. The van der Waals surface area contributed by atoms with Crippen LogP contribution in [0.25, 0.3) is 55.4 Å². The highest BCUT2D eigenvalue weighted by molar-refractivity contribution is 7.90. The Labute approximate surface area is 260 Å². The summed E-state index contributed by atoms with van der Waals surface area (Å²) in [6.07, 6.45) is 8.55. The van der Waals surface area contributed by atoms with Gasteiger partial charge in [0.25, 0.3) is 0 Å². The smallest absolute Gasteiger partial charge is 0.224 e. The van der Waals surface area contributed by atoms with Gasteiger partial charge in [-0.3, -0.25) is 19.9 Å². The molecule has 11 heteroatoms. The van der Waals surface area contributed by atoms with Crippen LogP contribution < -0.4 is 5.32 Å². The lowest BCUT2D eigenvalue weighted by Gasteiger charge is -2.17. The second kappa shape index (κ2) is 11.6. The Balaban J connectivity index is 1.34. The summed E-state index contributed by atoms with van der Waals surface area (Å²) in [4.78, 5) is 24.6. The minimum Gasteiger partial charge on any atom is -0.352 e. The molecule has 4 heterocycles. The number of pyridine rings is 2. The minimum atomic E-state index is -3.19. The molecule has 1 amide bonds. The molecule has 0 aliphatic carbocycles. The Kier molecular flexibility index (Phi) is 7.74. The zero-order valence-electron chi connectivity index (χ0n) is 25.4. The van der Waals surface area contributed by atoms with Crippen molar-refractivity contribution in [2.75, 3.05) is 17.3 Å². The van der Waals surface area contributed by atoms with Gasteiger partial charge < -0.3 is 10.3 Å². The summed E-state index contributed by atoms with van der Waals surface area (Å²) in [6.45, 7) is 6.06. The van der Waals surface area contributed by atoms with Crippen molar-refractivity contribution in [2.45, 2.75) is 33.6 Å². The van der Waals surface area contributed by atoms with Crippen molar-refractivity contribution < 1.29 is 17.6 Å². The molecule has 0 aliphatic rings. The number of benzene rings is 2.